The highest BCUT2D eigenvalue weighted by atomic mass is 32.2. The summed E-state index contributed by atoms with van der Waals surface area (Å²) in [7, 11) is 0. The Morgan fingerprint density at radius 2 is 1.95 bits per heavy atom. The molecule has 3 heteroatoms. The Bertz CT molecular complexity index is 612. The molecular weight excluding hydrogens is 271 g/mol. The van der Waals surface area contributed by atoms with Crippen molar-refractivity contribution in [2.24, 2.45) is 0 Å². The maximum Gasteiger partial charge on any atom is 0.123 e. The molecule has 1 aliphatic carbocycles. The van der Waals surface area contributed by atoms with Crippen LogP contribution in [0.25, 0.3) is 0 Å². The summed E-state index contributed by atoms with van der Waals surface area (Å²) in [5.41, 5.74) is 5.00. The Morgan fingerprint density at radius 3 is 2.80 bits per heavy atom. The lowest BCUT2D eigenvalue weighted by molar-refractivity contribution is 0.614. The van der Waals surface area contributed by atoms with Crippen molar-refractivity contribution in [2.45, 2.75) is 25.2 Å². The fourth-order valence-corrected chi connectivity index (χ4v) is 3.47. The molecule has 1 N–H and O–H groups in total. The number of hydrogen-bond donors (Lipinski definition) is 1. The van der Waals surface area contributed by atoms with E-state index in [0.717, 1.165) is 36.9 Å². The summed E-state index contributed by atoms with van der Waals surface area (Å²) >= 11 is 0.887. The summed E-state index contributed by atoms with van der Waals surface area (Å²) in [5.74, 6) is 0.905. The smallest absolute Gasteiger partial charge is 0.123 e. The van der Waals surface area contributed by atoms with E-state index in [4.69, 9.17) is 4.55 Å². The Morgan fingerprint density at radius 1 is 1.10 bits per heavy atom. The van der Waals surface area contributed by atoms with Gasteiger partial charge >= 0.3 is 0 Å². The van der Waals surface area contributed by atoms with Gasteiger partial charge in [-0.25, -0.2) is 4.39 Å². The van der Waals surface area contributed by atoms with Gasteiger partial charge in [0, 0.05) is 5.75 Å². The predicted molar refractivity (Wildman–Crippen MR) is 81.8 cm³/mol. The second-order valence-electron chi connectivity index (χ2n) is 5.31. The fourth-order valence-electron chi connectivity index (χ4n) is 3.08. The third kappa shape index (κ3) is 2.74. The van der Waals surface area contributed by atoms with Crippen LogP contribution in [0.3, 0.4) is 0 Å². The minimum atomic E-state index is -0.162. The van der Waals surface area contributed by atoms with Crippen LogP contribution in [0.5, 0.6) is 0 Å². The average Bonchev–Trinajstić information content (AvgIpc) is 2.61. The van der Waals surface area contributed by atoms with Crippen molar-refractivity contribution in [3.8, 4) is 0 Å². The Labute approximate surface area is 123 Å². The third-order valence-corrected chi connectivity index (χ3v) is 4.49. The molecular formula is C17H17FOS. The topological polar surface area (TPSA) is 20.2 Å². The zero-order valence-electron chi connectivity index (χ0n) is 11.2. The monoisotopic (exact) mass is 288 g/mol. The minimum Gasteiger partial charge on any atom is -0.330 e. The first-order valence-corrected chi connectivity index (χ1v) is 7.83. The van der Waals surface area contributed by atoms with Gasteiger partial charge in [0.25, 0.3) is 0 Å². The van der Waals surface area contributed by atoms with Gasteiger partial charge in [-0.15, -0.1) is 0 Å². The molecule has 0 bridgehead atoms. The highest BCUT2D eigenvalue weighted by molar-refractivity contribution is 7.93. The Balaban J connectivity index is 2.02. The molecule has 0 fully saturated rings. The van der Waals surface area contributed by atoms with Gasteiger partial charge in [-0.3, -0.25) is 0 Å². The van der Waals surface area contributed by atoms with Crippen molar-refractivity contribution < 1.29 is 8.94 Å². The van der Waals surface area contributed by atoms with Gasteiger partial charge in [-0.1, -0.05) is 30.3 Å². The standard InChI is InChI=1S/C17H17FOS/c18-16-6-5-12-9-13-3-1-2-4-17(13)14(7-8-20-19)10-15(12)11-16/h1-6,11,14,19H,7-10H2/t14-/m0/s1. The van der Waals surface area contributed by atoms with Crippen LogP contribution in [0.1, 0.15) is 34.6 Å². The summed E-state index contributed by atoms with van der Waals surface area (Å²) in [5, 5.41) is 0. The maximum absolute atomic E-state index is 13.5. The lowest BCUT2D eigenvalue weighted by atomic mass is 9.89. The molecule has 1 atom stereocenters. The van der Waals surface area contributed by atoms with Crippen LogP contribution in [0, 0.1) is 5.82 Å². The minimum absolute atomic E-state index is 0.162. The van der Waals surface area contributed by atoms with Crippen LogP contribution in [0.4, 0.5) is 4.39 Å². The van der Waals surface area contributed by atoms with Crippen molar-refractivity contribution in [3.63, 3.8) is 0 Å². The first-order valence-electron chi connectivity index (χ1n) is 6.89. The summed E-state index contributed by atoms with van der Waals surface area (Å²) in [6, 6.07) is 13.6. The Hall–Kier alpha value is -1.32. The van der Waals surface area contributed by atoms with Gasteiger partial charge in [0.1, 0.15) is 5.82 Å². The molecule has 0 aliphatic heterocycles. The fraction of sp³-hybridized carbons (Fsp3) is 0.294. The van der Waals surface area contributed by atoms with E-state index in [2.05, 4.69) is 24.3 Å². The molecule has 0 spiro atoms. The van der Waals surface area contributed by atoms with Crippen LogP contribution in [-0.2, 0) is 12.8 Å². The van der Waals surface area contributed by atoms with Crippen molar-refractivity contribution in [1.82, 2.24) is 0 Å². The lowest BCUT2D eigenvalue weighted by Gasteiger charge is -2.17. The van der Waals surface area contributed by atoms with Crippen molar-refractivity contribution in [1.29, 1.82) is 0 Å². The van der Waals surface area contributed by atoms with Crippen LogP contribution in [-0.4, -0.2) is 10.3 Å². The zero-order valence-corrected chi connectivity index (χ0v) is 12.0. The van der Waals surface area contributed by atoms with E-state index >= 15 is 0 Å². The quantitative estimate of drug-likeness (QED) is 0.829. The highest BCUT2D eigenvalue weighted by Crippen LogP contribution is 2.34. The zero-order chi connectivity index (χ0) is 13.9. The molecule has 1 nitrogen and oxygen atoms in total. The van der Waals surface area contributed by atoms with Gasteiger partial charge in [0.2, 0.25) is 0 Å². The second kappa shape index (κ2) is 5.98. The molecule has 2 aromatic rings. The number of fused-ring (bicyclic) bond motifs is 2. The van der Waals surface area contributed by atoms with Gasteiger partial charge in [-0.2, -0.15) is 0 Å². The van der Waals surface area contributed by atoms with E-state index in [1.807, 2.05) is 6.07 Å². The molecule has 0 aromatic heterocycles. The van der Waals surface area contributed by atoms with Gasteiger partial charge < -0.3 is 4.55 Å². The average molecular weight is 288 g/mol. The molecule has 104 valence electrons. The first-order chi connectivity index (χ1) is 9.78. The number of halogens is 1. The van der Waals surface area contributed by atoms with Crippen LogP contribution >= 0.6 is 12.0 Å². The molecule has 2 aromatic carbocycles. The van der Waals surface area contributed by atoms with Gasteiger partial charge in [0.15, 0.2) is 0 Å². The van der Waals surface area contributed by atoms with Crippen LogP contribution in [0.2, 0.25) is 0 Å². The molecule has 0 radical (unpaired) electrons. The van der Waals surface area contributed by atoms with Crippen LogP contribution in [0.15, 0.2) is 42.5 Å². The maximum atomic E-state index is 13.5. The summed E-state index contributed by atoms with van der Waals surface area (Å²) in [4.78, 5) is 0. The largest absolute Gasteiger partial charge is 0.330 e. The van der Waals surface area contributed by atoms with E-state index in [-0.39, 0.29) is 5.82 Å². The highest BCUT2D eigenvalue weighted by Gasteiger charge is 2.21. The van der Waals surface area contributed by atoms with E-state index in [1.165, 1.54) is 16.7 Å². The van der Waals surface area contributed by atoms with E-state index in [1.54, 1.807) is 12.1 Å². The first kappa shape index (κ1) is 13.7. The van der Waals surface area contributed by atoms with E-state index in [9.17, 15) is 4.39 Å². The number of rotatable bonds is 3. The molecule has 20 heavy (non-hydrogen) atoms. The molecule has 0 saturated carbocycles. The molecule has 0 unspecified atom stereocenters. The molecule has 3 rings (SSSR count). The normalized spacial score (nSPS) is 17.2. The van der Waals surface area contributed by atoms with Crippen molar-refractivity contribution in [3.05, 3.63) is 70.5 Å². The molecule has 0 amide bonds. The SMILES string of the molecule is OSCC[C@H]1Cc2cc(F)ccc2Cc2ccccc21. The number of benzene rings is 2. The van der Waals surface area contributed by atoms with Crippen molar-refractivity contribution in [2.75, 3.05) is 5.75 Å². The summed E-state index contributed by atoms with van der Waals surface area (Å²) in [6.07, 6.45) is 2.63. The Kier molecular flexibility index (Phi) is 4.08. The van der Waals surface area contributed by atoms with E-state index in [0.29, 0.717) is 11.7 Å². The molecule has 1 aliphatic rings. The summed E-state index contributed by atoms with van der Waals surface area (Å²) < 4.78 is 22.5. The van der Waals surface area contributed by atoms with E-state index < -0.39 is 0 Å². The van der Waals surface area contributed by atoms with Gasteiger partial charge in [-0.05, 0) is 71.6 Å². The predicted octanol–water partition coefficient (Wildman–Crippen LogP) is 4.65. The molecule has 0 heterocycles. The third-order valence-electron chi connectivity index (χ3n) is 4.07. The number of hydrogen-bond acceptors (Lipinski definition) is 2. The van der Waals surface area contributed by atoms with Gasteiger partial charge in [0.05, 0.1) is 0 Å². The van der Waals surface area contributed by atoms with Crippen molar-refractivity contribution >= 4 is 12.0 Å². The summed E-state index contributed by atoms with van der Waals surface area (Å²) in [6.45, 7) is 0. The second-order valence-corrected chi connectivity index (χ2v) is 5.98. The lowest BCUT2D eigenvalue weighted by Crippen LogP contribution is -2.05. The molecule has 0 saturated heterocycles. The van der Waals surface area contributed by atoms with Crippen LogP contribution < -0.4 is 0 Å².